The maximum atomic E-state index is 9.01. The Kier molecular flexibility index (Phi) is 4.30. The molecular formula is C14H19ClO2. The van der Waals surface area contributed by atoms with Crippen LogP contribution >= 0.6 is 11.6 Å². The summed E-state index contributed by atoms with van der Waals surface area (Å²) >= 11 is 6.13. The van der Waals surface area contributed by atoms with E-state index in [-0.39, 0.29) is 12.7 Å². The van der Waals surface area contributed by atoms with E-state index in [1.807, 2.05) is 12.1 Å². The molecule has 1 fully saturated rings. The molecule has 0 aliphatic heterocycles. The monoisotopic (exact) mass is 254 g/mol. The van der Waals surface area contributed by atoms with Gasteiger partial charge in [-0.1, -0.05) is 31.0 Å². The van der Waals surface area contributed by atoms with E-state index in [1.54, 1.807) is 6.07 Å². The topological polar surface area (TPSA) is 29.5 Å². The van der Waals surface area contributed by atoms with Crippen molar-refractivity contribution in [1.29, 1.82) is 0 Å². The van der Waals surface area contributed by atoms with Crippen LogP contribution in [0.15, 0.2) is 18.2 Å². The van der Waals surface area contributed by atoms with Gasteiger partial charge in [0.15, 0.2) is 0 Å². The van der Waals surface area contributed by atoms with Gasteiger partial charge in [-0.25, -0.2) is 0 Å². The maximum absolute atomic E-state index is 9.01. The molecule has 1 aromatic carbocycles. The molecule has 2 rings (SSSR count). The Morgan fingerprint density at radius 1 is 1.41 bits per heavy atom. The number of aliphatic hydroxyl groups excluding tert-OH is 1. The Bertz CT molecular complexity index is 378. The molecule has 0 heterocycles. The van der Waals surface area contributed by atoms with E-state index in [4.69, 9.17) is 21.4 Å². The van der Waals surface area contributed by atoms with Crippen molar-refractivity contribution in [1.82, 2.24) is 0 Å². The van der Waals surface area contributed by atoms with E-state index in [9.17, 15) is 0 Å². The zero-order valence-electron chi connectivity index (χ0n) is 10.2. The first-order chi connectivity index (χ1) is 8.19. The molecule has 1 saturated carbocycles. The fourth-order valence-corrected chi connectivity index (χ4v) is 2.65. The van der Waals surface area contributed by atoms with Crippen molar-refractivity contribution in [2.24, 2.45) is 5.92 Å². The van der Waals surface area contributed by atoms with Crippen molar-refractivity contribution in [3.8, 4) is 5.75 Å². The Morgan fingerprint density at radius 3 is 2.88 bits per heavy atom. The van der Waals surface area contributed by atoms with E-state index in [0.717, 1.165) is 30.1 Å². The summed E-state index contributed by atoms with van der Waals surface area (Å²) in [6.45, 7) is 2.28. The third-order valence-electron chi connectivity index (χ3n) is 3.36. The Balaban J connectivity index is 2.02. The minimum atomic E-state index is 0.0143. The first-order valence-electron chi connectivity index (χ1n) is 6.25. The molecule has 2 nitrogen and oxygen atoms in total. The van der Waals surface area contributed by atoms with Gasteiger partial charge in [-0.05, 0) is 42.9 Å². The highest BCUT2D eigenvalue weighted by atomic mass is 35.5. The molecule has 2 atom stereocenters. The Morgan fingerprint density at radius 2 is 2.24 bits per heavy atom. The fraction of sp³-hybridized carbons (Fsp3) is 0.571. The summed E-state index contributed by atoms with van der Waals surface area (Å²) in [5, 5.41) is 9.60. The second-order valence-electron chi connectivity index (χ2n) is 4.93. The normalized spacial score (nSPS) is 24.6. The lowest BCUT2D eigenvalue weighted by molar-refractivity contribution is 0.129. The molecule has 1 aliphatic rings. The molecule has 17 heavy (non-hydrogen) atoms. The van der Waals surface area contributed by atoms with Crippen LogP contribution in [0.25, 0.3) is 0 Å². The van der Waals surface area contributed by atoms with Crippen molar-refractivity contribution in [3.05, 3.63) is 28.8 Å². The third kappa shape index (κ3) is 3.36. The summed E-state index contributed by atoms with van der Waals surface area (Å²) in [6.07, 6.45) is 5.05. The molecule has 0 radical (unpaired) electrons. The molecular weight excluding hydrogens is 236 g/mol. The number of halogens is 1. The summed E-state index contributed by atoms with van der Waals surface area (Å²) in [5.41, 5.74) is 0.819. The molecule has 0 saturated heterocycles. The van der Waals surface area contributed by atoms with E-state index in [0.29, 0.717) is 5.02 Å². The predicted octanol–water partition coefficient (Wildman–Crippen LogP) is 3.79. The van der Waals surface area contributed by atoms with Crippen LogP contribution in [0, 0.1) is 5.92 Å². The van der Waals surface area contributed by atoms with Crippen LogP contribution in [0.5, 0.6) is 5.75 Å². The molecule has 94 valence electrons. The molecule has 0 amide bonds. The highest BCUT2D eigenvalue weighted by Crippen LogP contribution is 2.31. The van der Waals surface area contributed by atoms with Gasteiger partial charge >= 0.3 is 0 Å². The first-order valence-corrected chi connectivity index (χ1v) is 6.62. The highest BCUT2D eigenvalue weighted by molar-refractivity contribution is 6.32. The second kappa shape index (κ2) is 5.74. The van der Waals surface area contributed by atoms with Crippen LogP contribution in [0.1, 0.15) is 38.2 Å². The number of aliphatic hydroxyl groups is 1. The van der Waals surface area contributed by atoms with Crippen LogP contribution in [-0.4, -0.2) is 11.2 Å². The lowest BCUT2D eigenvalue weighted by atomic mass is 9.89. The Hall–Kier alpha value is -0.730. The highest BCUT2D eigenvalue weighted by Gasteiger charge is 2.20. The minimum absolute atomic E-state index is 0.0143. The lowest BCUT2D eigenvalue weighted by Gasteiger charge is -2.27. The van der Waals surface area contributed by atoms with Crippen molar-refractivity contribution in [2.75, 3.05) is 0 Å². The molecule has 0 spiro atoms. The van der Waals surface area contributed by atoms with E-state index in [1.165, 1.54) is 12.8 Å². The third-order valence-corrected chi connectivity index (χ3v) is 3.66. The SMILES string of the molecule is CC1CCCC(Oc2ccc(CO)cc2Cl)C1. The van der Waals surface area contributed by atoms with Crippen molar-refractivity contribution in [2.45, 2.75) is 45.3 Å². The lowest BCUT2D eigenvalue weighted by Crippen LogP contribution is -2.24. The van der Waals surface area contributed by atoms with E-state index < -0.39 is 0 Å². The maximum Gasteiger partial charge on any atom is 0.138 e. The summed E-state index contributed by atoms with van der Waals surface area (Å²) in [5.74, 6) is 1.48. The van der Waals surface area contributed by atoms with Crippen LogP contribution in [0.3, 0.4) is 0 Å². The van der Waals surface area contributed by atoms with Crippen LogP contribution < -0.4 is 4.74 Å². The number of rotatable bonds is 3. The van der Waals surface area contributed by atoms with Crippen molar-refractivity contribution in [3.63, 3.8) is 0 Å². The standard InChI is InChI=1S/C14H19ClO2/c1-10-3-2-4-12(7-10)17-14-6-5-11(9-16)8-13(14)15/h5-6,8,10,12,16H,2-4,7,9H2,1H3. The van der Waals surface area contributed by atoms with Gasteiger partial charge in [-0.15, -0.1) is 0 Å². The number of hydrogen-bond acceptors (Lipinski definition) is 2. The van der Waals surface area contributed by atoms with Crippen molar-refractivity contribution >= 4 is 11.6 Å². The van der Waals surface area contributed by atoms with Crippen LogP contribution in [0.2, 0.25) is 5.02 Å². The van der Waals surface area contributed by atoms with Gasteiger partial charge in [0.2, 0.25) is 0 Å². The zero-order valence-corrected chi connectivity index (χ0v) is 10.9. The quantitative estimate of drug-likeness (QED) is 0.889. The smallest absolute Gasteiger partial charge is 0.138 e. The molecule has 0 aromatic heterocycles. The Labute approximate surface area is 108 Å². The zero-order chi connectivity index (χ0) is 12.3. The summed E-state index contributed by atoms with van der Waals surface area (Å²) < 4.78 is 5.94. The largest absolute Gasteiger partial charge is 0.489 e. The molecule has 1 aliphatic carbocycles. The van der Waals surface area contributed by atoms with Gasteiger partial charge in [-0.3, -0.25) is 0 Å². The van der Waals surface area contributed by atoms with Gasteiger partial charge in [0.05, 0.1) is 17.7 Å². The van der Waals surface area contributed by atoms with Gasteiger partial charge in [0.1, 0.15) is 5.75 Å². The summed E-state index contributed by atoms with van der Waals surface area (Å²) in [6, 6.07) is 5.48. The number of ether oxygens (including phenoxy) is 1. The second-order valence-corrected chi connectivity index (χ2v) is 5.34. The van der Waals surface area contributed by atoms with Gasteiger partial charge < -0.3 is 9.84 Å². The van der Waals surface area contributed by atoms with Gasteiger partial charge in [-0.2, -0.15) is 0 Å². The molecule has 0 bridgehead atoms. The minimum Gasteiger partial charge on any atom is -0.489 e. The fourth-order valence-electron chi connectivity index (χ4n) is 2.40. The van der Waals surface area contributed by atoms with E-state index in [2.05, 4.69) is 6.92 Å². The van der Waals surface area contributed by atoms with Crippen LogP contribution in [0.4, 0.5) is 0 Å². The molecule has 1 N–H and O–H groups in total. The van der Waals surface area contributed by atoms with Crippen LogP contribution in [-0.2, 0) is 6.61 Å². The summed E-state index contributed by atoms with van der Waals surface area (Å²) in [4.78, 5) is 0. The average Bonchev–Trinajstić information content (AvgIpc) is 2.32. The molecule has 3 heteroatoms. The molecule has 2 unspecified atom stereocenters. The first kappa shape index (κ1) is 12.7. The predicted molar refractivity (Wildman–Crippen MR) is 69.4 cm³/mol. The van der Waals surface area contributed by atoms with Gasteiger partial charge in [0, 0.05) is 0 Å². The summed E-state index contributed by atoms with van der Waals surface area (Å²) in [7, 11) is 0. The van der Waals surface area contributed by atoms with E-state index >= 15 is 0 Å². The molecule has 1 aromatic rings. The van der Waals surface area contributed by atoms with Crippen molar-refractivity contribution < 1.29 is 9.84 Å². The van der Waals surface area contributed by atoms with Gasteiger partial charge in [0.25, 0.3) is 0 Å². The number of hydrogen-bond donors (Lipinski definition) is 1. The number of benzene rings is 1. The average molecular weight is 255 g/mol.